The van der Waals surface area contributed by atoms with Crippen LogP contribution in [0, 0.1) is 0 Å². The van der Waals surface area contributed by atoms with Gasteiger partial charge in [0.05, 0.1) is 55.0 Å². The minimum Gasteiger partial charge on any atom is -0.491 e. The molecule has 2 N–H and O–H groups in total. The van der Waals surface area contributed by atoms with Gasteiger partial charge in [0.1, 0.15) is 6.73 Å². The number of hydrogen-bond donors (Lipinski definition) is 2. The molecular formula is C33H39F3N8O3Si. The number of morpholine rings is 1. The summed E-state index contributed by atoms with van der Waals surface area (Å²) in [5.41, 5.74) is 3.30. The fourth-order valence-corrected chi connectivity index (χ4v) is 6.04. The van der Waals surface area contributed by atoms with Gasteiger partial charge in [-0.05, 0) is 35.9 Å². The second-order valence-corrected chi connectivity index (χ2v) is 18.5. The number of rotatable bonds is 12. The topological polar surface area (TPSA) is 115 Å². The predicted octanol–water partition coefficient (Wildman–Crippen LogP) is 6.80. The highest BCUT2D eigenvalue weighted by molar-refractivity contribution is 6.76. The third kappa shape index (κ3) is 8.21. The van der Waals surface area contributed by atoms with Gasteiger partial charge in [-0.25, -0.2) is 19.6 Å². The van der Waals surface area contributed by atoms with Gasteiger partial charge < -0.3 is 24.5 Å². The zero-order chi connectivity index (χ0) is 33.9. The molecule has 0 aliphatic carbocycles. The van der Waals surface area contributed by atoms with Crippen molar-refractivity contribution in [2.75, 3.05) is 45.3 Å². The zero-order valence-electron chi connectivity index (χ0n) is 27.4. The van der Waals surface area contributed by atoms with E-state index in [1.165, 1.54) is 25.4 Å². The van der Waals surface area contributed by atoms with Crippen LogP contribution in [0.4, 0.5) is 24.7 Å². The normalized spacial score (nSPS) is 14.5. The Balaban J connectivity index is 1.32. The van der Waals surface area contributed by atoms with E-state index in [-0.39, 0.29) is 23.9 Å². The summed E-state index contributed by atoms with van der Waals surface area (Å²) in [6.07, 6.45) is -1.29. The maximum absolute atomic E-state index is 13.4. The minimum atomic E-state index is -4.50. The van der Waals surface area contributed by atoms with Crippen LogP contribution in [0.1, 0.15) is 11.1 Å². The molecule has 15 heteroatoms. The van der Waals surface area contributed by atoms with Crippen LogP contribution in [-0.4, -0.2) is 82.7 Å². The molecule has 6 rings (SSSR count). The highest BCUT2D eigenvalue weighted by atomic mass is 28.3. The highest BCUT2D eigenvalue weighted by Gasteiger charge is 2.31. The van der Waals surface area contributed by atoms with Crippen molar-refractivity contribution in [1.82, 2.24) is 34.6 Å². The van der Waals surface area contributed by atoms with E-state index >= 15 is 0 Å². The third-order valence-corrected chi connectivity index (χ3v) is 9.64. The Morgan fingerprint density at radius 2 is 1.88 bits per heavy atom. The Hall–Kier alpha value is -4.31. The van der Waals surface area contributed by atoms with Gasteiger partial charge in [0, 0.05) is 39.9 Å². The number of aromatic amines is 1. The first-order valence-corrected chi connectivity index (χ1v) is 19.5. The molecule has 1 aliphatic rings. The van der Waals surface area contributed by atoms with Gasteiger partial charge in [-0.2, -0.15) is 18.3 Å². The fraction of sp³-hybridized carbons (Fsp3) is 0.394. The first kappa shape index (κ1) is 33.6. The van der Waals surface area contributed by atoms with Gasteiger partial charge in [-0.3, -0.25) is 4.90 Å². The van der Waals surface area contributed by atoms with Crippen molar-refractivity contribution in [3.8, 4) is 28.7 Å². The number of imidazole rings is 1. The number of hydrogen-bond acceptors (Lipinski definition) is 9. The van der Waals surface area contributed by atoms with E-state index in [2.05, 4.69) is 56.9 Å². The molecule has 0 amide bonds. The van der Waals surface area contributed by atoms with Crippen LogP contribution in [0.3, 0.4) is 0 Å². The average molecular weight is 681 g/mol. The van der Waals surface area contributed by atoms with Crippen LogP contribution in [0.5, 0.6) is 5.75 Å². The molecule has 0 unspecified atom stereocenters. The molecule has 1 saturated heterocycles. The van der Waals surface area contributed by atoms with E-state index in [4.69, 9.17) is 24.3 Å². The number of aromatic nitrogens is 6. The summed E-state index contributed by atoms with van der Waals surface area (Å²) >= 11 is 0. The zero-order valence-corrected chi connectivity index (χ0v) is 28.4. The van der Waals surface area contributed by atoms with E-state index in [1.807, 2.05) is 6.07 Å². The number of alkyl halides is 3. The number of fused-ring (bicyclic) bond motifs is 1. The summed E-state index contributed by atoms with van der Waals surface area (Å²) in [6, 6.07) is 12.1. The first-order valence-electron chi connectivity index (χ1n) is 15.8. The number of halogens is 3. The number of ether oxygens (including phenoxy) is 3. The largest absolute Gasteiger partial charge is 0.491 e. The maximum atomic E-state index is 13.4. The Labute approximate surface area is 277 Å². The molecule has 0 saturated carbocycles. The Kier molecular flexibility index (Phi) is 9.82. The quantitative estimate of drug-likeness (QED) is 0.108. The van der Waals surface area contributed by atoms with Crippen molar-refractivity contribution >= 4 is 30.6 Å². The lowest BCUT2D eigenvalue weighted by Gasteiger charge is -2.26. The molecule has 1 aliphatic heterocycles. The fourth-order valence-electron chi connectivity index (χ4n) is 5.29. The second kappa shape index (κ2) is 14.0. The highest BCUT2D eigenvalue weighted by Crippen LogP contribution is 2.35. The van der Waals surface area contributed by atoms with Crippen molar-refractivity contribution in [1.29, 1.82) is 0 Å². The van der Waals surface area contributed by atoms with Crippen LogP contribution < -0.4 is 10.1 Å². The lowest BCUT2D eigenvalue weighted by molar-refractivity contribution is -0.137. The van der Waals surface area contributed by atoms with Crippen LogP contribution >= 0.6 is 0 Å². The molecule has 5 aromatic rings. The van der Waals surface area contributed by atoms with Gasteiger partial charge in [-0.1, -0.05) is 37.8 Å². The second-order valence-electron chi connectivity index (χ2n) is 12.9. The lowest BCUT2D eigenvalue weighted by atomic mass is 10.1. The number of nitrogens with zero attached hydrogens (tertiary/aromatic N) is 6. The molecule has 11 nitrogen and oxygen atoms in total. The SMILES string of the molecule is COc1cnc(-c2cccc(C(F)(F)F)c2)nc1Nc1cn(COCC[Si](C)(C)C)nc1-c1nc2ccc(CN3CCOCC3)cc2[nH]1. The van der Waals surface area contributed by atoms with E-state index in [0.29, 0.717) is 29.6 Å². The summed E-state index contributed by atoms with van der Waals surface area (Å²) in [6.45, 7) is 11.8. The van der Waals surface area contributed by atoms with Gasteiger partial charge >= 0.3 is 6.18 Å². The summed E-state index contributed by atoms with van der Waals surface area (Å²) in [7, 11) is 0.188. The maximum Gasteiger partial charge on any atom is 0.416 e. The number of methoxy groups -OCH3 is 1. The monoisotopic (exact) mass is 680 g/mol. The summed E-state index contributed by atoms with van der Waals surface area (Å²) < 4.78 is 59.0. The molecular weight excluding hydrogens is 641 g/mol. The minimum absolute atomic E-state index is 0.101. The molecule has 0 radical (unpaired) electrons. The number of nitrogens with one attached hydrogen (secondary N) is 2. The van der Waals surface area contributed by atoms with Crippen LogP contribution in [0.2, 0.25) is 25.7 Å². The summed E-state index contributed by atoms with van der Waals surface area (Å²) in [5.74, 6) is 1.19. The standard InChI is InChI=1S/C33H39F3N8O3Si/c1-45-28-18-37-30(23-6-5-7-24(17-23)33(34,35)36)41-31(28)40-27-20-44(21-47-14-15-48(2,3)4)42-29(27)32-38-25-9-8-22(16-26(25)39-32)19-43-10-12-46-13-11-43/h5-9,16-18,20H,10-15,19,21H2,1-4H3,(H,38,39)(H,37,40,41). The van der Waals surface area contributed by atoms with E-state index in [0.717, 1.165) is 67.6 Å². The Morgan fingerprint density at radius 1 is 1.06 bits per heavy atom. The third-order valence-electron chi connectivity index (χ3n) is 7.94. The van der Waals surface area contributed by atoms with Gasteiger partial charge in [-0.15, -0.1) is 0 Å². The number of H-pyrrole nitrogens is 1. The van der Waals surface area contributed by atoms with E-state index < -0.39 is 19.8 Å². The van der Waals surface area contributed by atoms with E-state index in [9.17, 15) is 13.2 Å². The number of benzene rings is 2. The Bertz CT molecular complexity index is 1870. The molecule has 0 bridgehead atoms. The smallest absolute Gasteiger partial charge is 0.416 e. The van der Waals surface area contributed by atoms with E-state index in [1.54, 1.807) is 10.9 Å². The van der Waals surface area contributed by atoms with Gasteiger partial charge in [0.25, 0.3) is 0 Å². The molecule has 1 fully saturated rings. The van der Waals surface area contributed by atoms with Crippen molar-refractivity contribution in [3.05, 3.63) is 66.0 Å². The number of anilines is 2. The van der Waals surface area contributed by atoms with Crippen molar-refractivity contribution in [2.45, 2.75) is 45.1 Å². The molecule has 0 spiro atoms. The van der Waals surface area contributed by atoms with Crippen LogP contribution in [0.25, 0.3) is 33.9 Å². The molecule has 2 aromatic carbocycles. The molecule has 3 aromatic heterocycles. The van der Waals surface area contributed by atoms with Gasteiger partial charge in [0.15, 0.2) is 28.9 Å². The lowest BCUT2D eigenvalue weighted by Crippen LogP contribution is -2.35. The molecule has 4 heterocycles. The summed E-state index contributed by atoms with van der Waals surface area (Å²) in [4.78, 5) is 19.5. The van der Waals surface area contributed by atoms with Gasteiger partial charge in [0.2, 0.25) is 0 Å². The van der Waals surface area contributed by atoms with Crippen molar-refractivity contribution < 1.29 is 27.4 Å². The van der Waals surface area contributed by atoms with Crippen LogP contribution in [0.15, 0.2) is 54.9 Å². The van der Waals surface area contributed by atoms with Crippen molar-refractivity contribution in [3.63, 3.8) is 0 Å². The molecule has 48 heavy (non-hydrogen) atoms. The van der Waals surface area contributed by atoms with Crippen molar-refractivity contribution in [2.24, 2.45) is 0 Å². The Morgan fingerprint density at radius 3 is 2.62 bits per heavy atom. The summed E-state index contributed by atoms with van der Waals surface area (Å²) in [5, 5.41) is 8.09. The predicted molar refractivity (Wildman–Crippen MR) is 180 cm³/mol. The average Bonchev–Trinajstić information content (AvgIpc) is 3.66. The molecule has 254 valence electrons. The molecule has 0 atom stereocenters. The van der Waals surface area contributed by atoms with Crippen LogP contribution in [-0.2, 0) is 28.9 Å². The first-order chi connectivity index (χ1) is 22.9.